The van der Waals surface area contributed by atoms with Gasteiger partial charge in [0.05, 0.1) is 11.9 Å². The first-order chi connectivity index (χ1) is 14.5. The number of carbonyl (C=O) groups is 2. The zero-order chi connectivity index (χ0) is 21.1. The Balaban J connectivity index is 1.48. The van der Waals surface area contributed by atoms with Crippen molar-refractivity contribution in [1.82, 2.24) is 19.7 Å². The van der Waals surface area contributed by atoms with Gasteiger partial charge in [-0.3, -0.25) is 9.59 Å². The largest absolute Gasteiger partial charge is 0.364 e. The lowest BCUT2D eigenvalue weighted by molar-refractivity contribution is 0.0939. The lowest BCUT2D eigenvalue weighted by Crippen LogP contribution is -2.37. The Hall–Kier alpha value is -3.53. The SMILES string of the molecule is Cc1cc(Nc2nc(N3CCC(NC(=O)c4ccccc4)C3)cnc2C(N)=O)sn1. The van der Waals surface area contributed by atoms with Gasteiger partial charge in [0.2, 0.25) is 0 Å². The lowest BCUT2D eigenvalue weighted by atomic mass is 10.2. The van der Waals surface area contributed by atoms with Crippen LogP contribution in [0.5, 0.6) is 0 Å². The third-order valence-corrected chi connectivity index (χ3v) is 5.54. The molecule has 0 saturated carbocycles. The minimum Gasteiger partial charge on any atom is -0.364 e. The van der Waals surface area contributed by atoms with Gasteiger partial charge >= 0.3 is 0 Å². The second-order valence-corrected chi connectivity index (χ2v) is 7.82. The number of hydrogen-bond donors (Lipinski definition) is 3. The van der Waals surface area contributed by atoms with E-state index in [1.54, 1.807) is 12.1 Å². The fraction of sp³-hybridized carbons (Fsp3) is 0.250. The van der Waals surface area contributed by atoms with Gasteiger partial charge in [0.25, 0.3) is 11.8 Å². The van der Waals surface area contributed by atoms with E-state index >= 15 is 0 Å². The molecular weight excluding hydrogens is 402 g/mol. The van der Waals surface area contributed by atoms with Crippen molar-refractivity contribution in [3.05, 3.63) is 59.5 Å². The van der Waals surface area contributed by atoms with Gasteiger partial charge in [0.1, 0.15) is 10.8 Å². The molecule has 1 aliphatic heterocycles. The molecule has 3 aromatic rings. The Bertz CT molecular complexity index is 1070. The minimum absolute atomic E-state index is 0.00382. The fourth-order valence-corrected chi connectivity index (χ4v) is 3.94. The Morgan fingerprint density at radius 3 is 2.77 bits per heavy atom. The summed E-state index contributed by atoms with van der Waals surface area (Å²) >= 11 is 1.27. The molecule has 1 unspecified atom stereocenters. The summed E-state index contributed by atoms with van der Waals surface area (Å²) in [5.74, 6) is 0.147. The van der Waals surface area contributed by atoms with Crippen molar-refractivity contribution in [2.24, 2.45) is 5.73 Å². The number of amides is 2. The van der Waals surface area contributed by atoms with E-state index in [9.17, 15) is 9.59 Å². The molecule has 154 valence electrons. The normalized spacial score (nSPS) is 15.8. The van der Waals surface area contributed by atoms with E-state index in [2.05, 4.69) is 25.0 Å². The smallest absolute Gasteiger partial charge is 0.271 e. The zero-order valence-electron chi connectivity index (χ0n) is 16.3. The first kappa shape index (κ1) is 19.8. The summed E-state index contributed by atoms with van der Waals surface area (Å²) in [4.78, 5) is 35.0. The van der Waals surface area contributed by atoms with E-state index in [0.717, 1.165) is 17.1 Å². The molecule has 2 amide bonds. The average Bonchev–Trinajstić information content (AvgIpc) is 3.37. The van der Waals surface area contributed by atoms with Gasteiger partial charge in [-0.15, -0.1) is 0 Å². The van der Waals surface area contributed by atoms with Crippen molar-refractivity contribution in [2.75, 3.05) is 23.3 Å². The standard InChI is InChI=1S/C20H21N7O2S/c1-12-9-16(30-26-12)25-19-17(18(21)28)22-10-15(24-19)27-8-7-14(11-27)23-20(29)13-5-3-2-4-6-13/h2-6,9-10,14H,7-8,11H2,1H3,(H2,21,28)(H,23,29)(H,24,25). The summed E-state index contributed by atoms with van der Waals surface area (Å²) in [5, 5.41) is 6.89. The van der Waals surface area contributed by atoms with Gasteiger partial charge < -0.3 is 21.3 Å². The van der Waals surface area contributed by atoms with Gasteiger partial charge in [-0.05, 0) is 43.1 Å². The number of nitrogens with two attached hydrogens (primary N) is 1. The van der Waals surface area contributed by atoms with Crippen molar-refractivity contribution >= 4 is 40.0 Å². The number of anilines is 3. The highest BCUT2D eigenvalue weighted by molar-refractivity contribution is 7.10. The van der Waals surface area contributed by atoms with Crippen LogP contribution in [0.15, 0.2) is 42.6 Å². The number of hydrogen-bond acceptors (Lipinski definition) is 8. The monoisotopic (exact) mass is 423 g/mol. The molecule has 1 fully saturated rings. The molecule has 0 spiro atoms. The fourth-order valence-electron chi connectivity index (χ4n) is 3.28. The summed E-state index contributed by atoms with van der Waals surface area (Å²) < 4.78 is 4.21. The average molecular weight is 424 g/mol. The first-order valence-electron chi connectivity index (χ1n) is 9.47. The number of rotatable bonds is 6. The molecule has 0 bridgehead atoms. The molecule has 0 aliphatic carbocycles. The van der Waals surface area contributed by atoms with Crippen LogP contribution >= 0.6 is 11.5 Å². The number of primary amides is 1. The molecule has 1 atom stereocenters. The van der Waals surface area contributed by atoms with E-state index in [-0.39, 0.29) is 17.6 Å². The number of carbonyl (C=O) groups excluding carboxylic acids is 2. The van der Waals surface area contributed by atoms with E-state index in [1.165, 1.54) is 17.7 Å². The van der Waals surface area contributed by atoms with Crippen LogP contribution in [-0.4, -0.2) is 45.3 Å². The van der Waals surface area contributed by atoms with Crippen LogP contribution in [0.4, 0.5) is 16.6 Å². The molecule has 9 nitrogen and oxygen atoms in total. The summed E-state index contributed by atoms with van der Waals surface area (Å²) in [7, 11) is 0. The molecule has 1 aromatic carbocycles. The number of nitrogens with zero attached hydrogens (tertiary/aromatic N) is 4. The van der Waals surface area contributed by atoms with Gasteiger partial charge in [-0.25, -0.2) is 9.97 Å². The summed E-state index contributed by atoms with van der Waals surface area (Å²) in [6.45, 7) is 3.19. The lowest BCUT2D eigenvalue weighted by Gasteiger charge is -2.19. The van der Waals surface area contributed by atoms with Crippen molar-refractivity contribution in [3.63, 3.8) is 0 Å². The molecule has 2 aromatic heterocycles. The quantitative estimate of drug-likeness (QED) is 0.554. The molecule has 10 heteroatoms. The van der Waals surface area contributed by atoms with Crippen LogP contribution in [0.25, 0.3) is 0 Å². The highest BCUT2D eigenvalue weighted by atomic mass is 32.1. The highest BCUT2D eigenvalue weighted by Crippen LogP contribution is 2.25. The predicted octanol–water partition coefficient (Wildman–Crippen LogP) is 2.09. The summed E-state index contributed by atoms with van der Waals surface area (Å²) in [5.41, 5.74) is 7.02. The first-order valence-corrected chi connectivity index (χ1v) is 10.2. The number of nitrogens with one attached hydrogen (secondary N) is 2. The van der Waals surface area contributed by atoms with Crippen LogP contribution in [0, 0.1) is 6.92 Å². The molecule has 3 heterocycles. The topological polar surface area (TPSA) is 126 Å². The number of aromatic nitrogens is 3. The van der Waals surface area contributed by atoms with Gasteiger partial charge in [-0.1, -0.05) is 18.2 Å². The Kier molecular flexibility index (Phi) is 5.57. The molecule has 0 radical (unpaired) electrons. The maximum atomic E-state index is 12.4. The molecule has 1 aliphatic rings. The predicted molar refractivity (Wildman–Crippen MR) is 115 cm³/mol. The van der Waals surface area contributed by atoms with Crippen LogP contribution in [0.2, 0.25) is 0 Å². The second kappa shape index (κ2) is 8.46. The van der Waals surface area contributed by atoms with Gasteiger partial charge in [0.15, 0.2) is 11.5 Å². The minimum atomic E-state index is -0.660. The molecular formula is C20H21N7O2S. The van der Waals surface area contributed by atoms with Gasteiger partial charge in [-0.2, -0.15) is 4.37 Å². The maximum Gasteiger partial charge on any atom is 0.271 e. The van der Waals surface area contributed by atoms with Crippen molar-refractivity contribution < 1.29 is 9.59 Å². The van der Waals surface area contributed by atoms with E-state index in [4.69, 9.17) is 5.73 Å². The van der Waals surface area contributed by atoms with Gasteiger partial charge in [0, 0.05) is 24.7 Å². The zero-order valence-corrected chi connectivity index (χ0v) is 17.1. The van der Waals surface area contributed by atoms with Crippen molar-refractivity contribution in [1.29, 1.82) is 0 Å². The molecule has 4 N–H and O–H groups in total. The molecule has 4 rings (SSSR count). The summed E-state index contributed by atoms with van der Waals surface area (Å²) in [6.07, 6.45) is 2.32. The van der Waals surface area contributed by atoms with Crippen molar-refractivity contribution in [2.45, 2.75) is 19.4 Å². The van der Waals surface area contributed by atoms with Crippen LogP contribution in [0.1, 0.15) is 33.0 Å². The van der Waals surface area contributed by atoms with Crippen LogP contribution < -0.4 is 21.3 Å². The van der Waals surface area contributed by atoms with E-state index in [0.29, 0.717) is 30.3 Å². The Labute approximate surface area is 177 Å². The third kappa shape index (κ3) is 4.38. The highest BCUT2D eigenvalue weighted by Gasteiger charge is 2.26. The van der Waals surface area contributed by atoms with Crippen LogP contribution in [0.3, 0.4) is 0 Å². The number of benzene rings is 1. The van der Waals surface area contributed by atoms with Crippen molar-refractivity contribution in [3.8, 4) is 0 Å². The Morgan fingerprint density at radius 1 is 1.27 bits per heavy atom. The van der Waals surface area contributed by atoms with Crippen LogP contribution in [-0.2, 0) is 0 Å². The second-order valence-electron chi connectivity index (χ2n) is 7.02. The molecule has 30 heavy (non-hydrogen) atoms. The summed E-state index contributed by atoms with van der Waals surface area (Å²) in [6, 6.07) is 11.0. The number of aryl methyl sites for hydroxylation is 1. The third-order valence-electron chi connectivity index (χ3n) is 4.75. The maximum absolute atomic E-state index is 12.4. The van der Waals surface area contributed by atoms with E-state index in [1.807, 2.05) is 36.1 Å². The van der Waals surface area contributed by atoms with E-state index < -0.39 is 5.91 Å². The molecule has 1 saturated heterocycles. The Morgan fingerprint density at radius 2 is 2.07 bits per heavy atom.